The van der Waals surface area contributed by atoms with Crippen LogP contribution >= 0.6 is 22.9 Å². The van der Waals surface area contributed by atoms with E-state index in [1.54, 1.807) is 47.7 Å². The van der Waals surface area contributed by atoms with E-state index in [1.807, 2.05) is 24.4 Å². The smallest absolute Gasteiger partial charge is 0.308 e. The number of rotatable bonds is 8. The molecule has 1 heterocycles. The molecule has 1 aromatic heterocycles. The van der Waals surface area contributed by atoms with Gasteiger partial charge in [-0.2, -0.15) is 0 Å². The van der Waals surface area contributed by atoms with Crippen molar-refractivity contribution in [3.05, 3.63) is 69.5 Å². The molecule has 0 atom stereocenters. The van der Waals surface area contributed by atoms with Crippen LogP contribution in [0.25, 0.3) is 11.3 Å². The Hall–Kier alpha value is -3.23. The normalized spacial score (nSPS) is 10.4. The highest BCUT2D eigenvalue weighted by molar-refractivity contribution is 7.09. The van der Waals surface area contributed by atoms with Crippen molar-refractivity contribution in [1.29, 1.82) is 0 Å². The number of aryl methyl sites for hydroxylation is 1. The second kappa shape index (κ2) is 10.7. The minimum Gasteiger partial charge on any atom is -0.456 e. The van der Waals surface area contributed by atoms with Gasteiger partial charge in [-0.05, 0) is 43.3 Å². The zero-order chi connectivity index (χ0) is 22.2. The number of carbonyl (C=O) groups is 3. The van der Waals surface area contributed by atoms with Crippen molar-refractivity contribution in [3.8, 4) is 11.3 Å². The number of aromatic nitrogens is 1. The van der Waals surface area contributed by atoms with Crippen molar-refractivity contribution in [2.24, 2.45) is 0 Å². The van der Waals surface area contributed by atoms with E-state index in [1.165, 1.54) is 0 Å². The lowest BCUT2D eigenvalue weighted by Gasteiger charge is -2.08. The average molecular weight is 458 g/mol. The highest BCUT2D eigenvalue weighted by Gasteiger charge is 2.11. The van der Waals surface area contributed by atoms with E-state index < -0.39 is 18.5 Å². The maximum atomic E-state index is 12.1. The first-order valence-corrected chi connectivity index (χ1v) is 10.7. The van der Waals surface area contributed by atoms with E-state index in [2.05, 4.69) is 15.6 Å². The van der Waals surface area contributed by atoms with Crippen molar-refractivity contribution >= 4 is 46.4 Å². The summed E-state index contributed by atoms with van der Waals surface area (Å²) in [5.74, 6) is -1.36. The quantitative estimate of drug-likeness (QED) is 0.497. The number of thiazole rings is 1. The molecule has 0 aliphatic rings. The minimum atomic E-state index is -0.585. The van der Waals surface area contributed by atoms with Crippen LogP contribution < -0.4 is 10.6 Å². The standard InChI is InChI=1S/C22H20ClN3O4S/c1-14-25-19(13-31-14)16-3-2-4-18(11-16)26-20(27)12-30-21(28)9-10-24-22(29)15-5-7-17(23)8-6-15/h2-8,11,13H,9-10,12H2,1H3,(H,24,29)(H,26,27). The average Bonchev–Trinajstić information content (AvgIpc) is 3.19. The molecular weight excluding hydrogens is 438 g/mol. The van der Waals surface area contributed by atoms with Crippen molar-refractivity contribution in [2.45, 2.75) is 13.3 Å². The Kier molecular flexibility index (Phi) is 7.75. The summed E-state index contributed by atoms with van der Waals surface area (Å²) >= 11 is 7.33. The number of esters is 1. The number of carbonyl (C=O) groups excluding carboxylic acids is 3. The monoisotopic (exact) mass is 457 g/mol. The predicted octanol–water partition coefficient (Wildman–Crippen LogP) is 4.07. The van der Waals surface area contributed by atoms with Gasteiger partial charge in [0.15, 0.2) is 6.61 Å². The van der Waals surface area contributed by atoms with Gasteiger partial charge in [0.05, 0.1) is 17.1 Å². The number of amides is 2. The molecule has 0 radical (unpaired) electrons. The molecule has 31 heavy (non-hydrogen) atoms. The van der Waals surface area contributed by atoms with Gasteiger partial charge >= 0.3 is 5.97 Å². The number of benzene rings is 2. The molecule has 3 aromatic rings. The van der Waals surface area contributed by atoms with Gasteiger partial charge < -0.3 is 15.4 Å². The summed E-state index contributed by atoms with van der Waals surface area (Å²) in [7, 11) is 0. The minimum absolute atomic E-state index is 0.0503. The third-order valence-electron chi connectivity index (χ3n) is 4.15. The van der Waals surface area contributed by atoms with Crippen molar-refractivity contribution in [2.75, 3.05) is 18.5 Å². The molecule has 160 valence electrons. The lowest BCUT2D eigenvalue weighted by Crippen LogP contribution is -2.27. The van der Waals surface area contributed by atoms with Crippen LogP contribution in [0.4, 0.5) is 5.69 Å². The van der Waals surface area contributed by atoms with Crippen molar-refractivity contribution in [1.82, 2.24) is 10.3 Å². The largest absolute Gasteiger partial charge is 0.456 e. The van der Waals surface area contributed by atoms with Crippen LogP contribution in [0.15, 0.2) is 53.9 Å². The van der Waals surface area contributed by atoms with E-state index in [4.69, 9.17) is 16.3 Å². The fourth-order valence-electron chi connectivity index (χ4n) is 2.65. The number of hydrogen-bond acceptors (Lipinski definition) is 6. The molecule has 0 bridgehead atoms. The zero-order valence-electron chi connectivity index (χ0n) is 16.7. The highest BCUT2D eigenvalue weighted by Crippen LogP contribution is 2.24. The molecule has 9 heteroatoms. The van der Waals surface area contributed by atoms with Crippen molar-refractivity contribution in [3.63, 3.8) is 0 Å². The summed E-state index contributed by atoms with van der Waals surface area (Å²) in [5.41, 5.74) is 2.74. The Balaban J connectivity index is 1.40. The Labute approximate surface area is 188 Å². The molecule has 0 aliphatic heterocycles. The molecule has 0 fully saturated rings. The van der Waals surface area contributed by atoms with Crippen LogP contribution in [0.2, 0.25) is 5.02 Å². The van der Waals surface area contributed by atoms with Crippen LogP contribution in [-0.4, -0.2) is 35.9 Å². The number of anilines is 1. The molecule has 2 N–H and O–H groups in total. The second-order valence-corrected chi connectivity index (χ2v) is 8.05. The molecule has 0 aliphatic carbocycles. The van der Waals surface area contributed by atoms with Crippen molar-refractivity contribution < 1.29 is 19.1 Å². The first-order chi connectivity index (χ1) is 14.9. The third kappa shape index (κ3) is 6.91. The summed E-state index contributed by atoms with van der Waals surface area (Å²) in [5, 5.41) is 8.74. The number of halogens is 1. The van der Waals surface area contributed by atoms with Gasteiger partial charge in [0.2, 0.25) is 0 Å². The molecule has 7 nitrogen and oxygen atoms in total. The zero-order valence-corrected chi connectivity index (χ0v) is 18.3. The number of nitrogens with one attached hydrogen (secondary N) is 2. The maximum absolute atomic E-state index is 12.1. The Bertz CT molecular complexity index is 1080. The van der Waals surface area contributed by atoms with Gasteiger partial charge in [0.25, 0.3) is 11.8 Å². The van der Waals surface area contributed by atoms with Gasteiger partial charge in [0, 0.05) is 33.8 Å². The molecule has 2 amide bonds. The lowest BCUT2D eigenvalue weighted by atomic mass is 10.1. The SMILES string of the molecule is Cc1nc(-c2cccc(NC(=O)COC(=O)CCNC(=O)c3ccc(Cl)cc3)c2)cs1. The van der Waals surface area contributed by atoms with Gasteiger partial charge in [-0.25, -0.2) is 4.98 Å². The number of nitrogens with zero attached hydrogens (tertiary/aromatic N) is 1. The molecule has 0 saturated heterocycles. The Morgan fingerprint density at radius 2 is 1.90 bits per heavy atom. The van der Waals surface area contributed by atoms with Gasteiger partial charge in [-0.3, -0.25) is 14.4 Å². The first kappa shape index (κ1) is 22.5. The molecule has 3 rings (SSSR count). The number of hydrogen-bond donors (Lipinski definition) is 2. The Morgan fingerprint density at radius 1 is 1.13 bits per heavy atom. The maximum Gasteiger partial charge on any atom is 0.308 e. The van der Waals surface area contributed by atoms with E-state index >= 15 is 0 Å². The van der Waals surface area contributed by atoms with E-state index in [9.17, 15) is 14.4 Å². The third-order valence-corrected chi connectivity index (χ3v) is 5.17. The van der Waals surface area contributed by atoms with E-state index in [0.717, 1.165) is 16.3 Å². The summed E-state index contributed by atoms with van der Waals surface area (Å²) in [6, 6.07) is 13.7. The summed E-state index contributed by atoms with van der Waals surface area (Å²) < 4.78 is 4.97. The predicted molar refractivity (Wildman–Crippen MR) is 120 cm³/mol. The highest BCUT2D eigenvalue weighted by atomic mass is 35.5. The van der Waals surface area contributed by atoms with Crippen LogP contribution in [0.5, 0.6) is 0 Å². The van der Waals surface area contributed by atoms with Crippen LogP contribution in [0.3, 0.4) is 0 Å². The molecule has 0 unspecified atom stereocenters. The fourth-order valence-corrected chi connectivity index (χ4v) is 3.40. The van der Waals surface area contributed by atoms with Gasteiger partial charge in [0.1, 0.15) is 0 Å². The van der Waals surface area contributed by atoms with Crippen LogP contribution in [0.1, 0.15) is 21.8 Å². The topological polar surface area (TPSA) is 97.4 Å². The van der Waals surface area contributed by atoms with Gasteiger partial charge in [-0.1, -0.05) is 23.7 Å². The summed E-state index contributed by atoms with van der Waals surface area (Å²) in [4.78, 5) is 40.3. The molecule has 2 aromatic carbocycles. The van der Waals surface area contributed by atoms with E-state index in [0.29, 0.717) is 16.3 Å². The summed E-state index contributed by atoms with van der Waals surface area (Å²) in [6.45, 7) is 1.61. The van der Waals surface area contributed by atoms with Crippen LogP contribution in [0, 0.1) is 6.92 Å². The summed E-state index contributed by atoms with van der Waals surface area (Å²) in [6.07, 6.45) is -0.0503. The second-order valence-electron chi connectivity index (χ2n) is 6.55. The lowest BCUT2D eigenvalue weighted by molar-refractivity contribution is -0.147. The van der Waals surface area contributed by atoms with Crippen LogP contribution in [-0.2, 0) is 14.3 Å². The number of ether oxygens (including phenoxy) is 1. The molecule has 0 spiro atoms. The molecular formula is C22H20ClN3O4S. The Morgan fingerprint density at radius 3 is 2.61 bits per heavy atom. The van der Waals surface area contributed by atoms with Gasteiger partial charge in [-0.15, -0.1) is 11.3 Å². The van der Waals surface area contributed by atoms with E-state index in [-0.39, 0.29) is 18.9 Å². The molecule has 0 saturated carbocycles. The fraction of sp³-hybridized carbons (Fsp3) is 0.182. The first-order valence-electron chi connectivity index (χ1n) is 9.42.